The van der Waals surface area contributed by atoms with Crippen molar-refractivity contribution in [2.45, 2.75) is 0 Å². The Labute approximate surface area is 159 Å². The summed E-state index contributed by atoms with van der Waals surface area (Å²) >= 11 is -2.03. The van der Waals surface area contributed by atoms with Crippen LogP contribution in [0.5, 0.6) is 0 Å². The van der Waals surface area contributed by atoms with Crippen LogP contribution in [0.4, 0.5) is 0 Å². The Hall–Kier alpha value is -3.17. The van der Waals surface area contributed by atoms with Crippen LogP contribution in [0.3, 0.4) is 0 Å². The van der Waals surface area contributed by atoms with Crippen molar-refractivity contribution in [2.75, 3.05) is 0 Å². The van der Waals surface area contributed by atoms with Gasteiger partial charge in [-0.1, -0.05) is 0 Å². The number of aliphatic hydroxyl groups is 2. The van der Waals surface area contributed by atoms with Crippen molar-refractivity contribution in [1.82, 2.24) is 19.9 Å². The molecule has 0 amide bonds. The Bertz CT molecular complexity index is 615. The molecule has 154 valence electrons. The van der Waals surface area contributed by atoms with Gasteiger partial charge in [-0.2, -0.15) is 0 Å². The van der Waals surface area contributed by atoms with Crippen LogP contribution in [0.1, 0.15) is 11.4 Å². The molecule has 0 spiro atoms. The molecule has 0 aliphatic heterocycles. The van der Waals surface area contributed by atoms with Crippen molar-refractivity contribution < 1.29 is 67.8 Å². The van der Waals surface area contributed by atoms with Gasteiger partial charge in [-0.25, -0.2) is 9.97 Å². The zero-order valence-electron chi connectivity index (χ0n) is 13.2. The van der Waals surface area contributed by atoms with Crippen LogP contribution in [0.25, 0.3) is 0 Å². The second-order valence-electron chi connectivity index (χ2n) is 3.10. The maximum atomic E-state index is 8.73. The van der Waals surface area contributed by atoms with Gasteiger partial charge in [-0.15, -0.1) is 0 Å². The summed E-state index contributed by atoms with van der Waals surface area (Å²) in [5.41, 5.74) is 0.287. The first-order valence-corrected chi connectivity index (χ1v) is 7.01. The SMILES string of the molecule is O.O.O.O.ON=C(O)c1cnccn1.ON=C(O)c1cnccn1.[O]=[Mo]=[O]. The fourth-order valence-corrected chi connectivity index (χ4v) is 0.932. The van der Waals surface area contributed by atoms with E-state index in [1.165, 1.54) is 37.2 Å². The molecule has 17 heteroatoms. The van der Waals surface area contributed by atoms with Gasteiger partial charge in [0.1, 0.15) is 11.4 Å². The van der Waals surface area contributed by atoms with Crippen LogP contribution in [0.15, 0.2) is 47.5 Å². The van der Waals surface area contributed by atoms with E-state index < -0.39 is 30.3 Å². The van der Waals surface area contributed by atoms with Crippen molar-refractivity contribution >= 4 is 11.8 Å². The molecule has 2 rings (SSSR count). The minimum absolute atomic E-state index is 0. The molecular weight excluding hydrogens is 460 g/mol. The molecular formula is C10H18MoN6O10. The van der Waals surface area contributed by atoms with Gasteiger partial charge in [0.05, 0.1) is 12.4 Å². The molecule has 27 heavy (non-hydrogen) atoms. The van der Waals surface area contributed by atoms with E-state index in [0.29, 0.717) is 0 Å². The molecule has 12 N–H and O–H groups in total. The maximum absolute atomic E-state index is 8.73. The van der Waals surface area contributed by atoms with Crippen molar-refractivity contribution in [3.63, 3.8) is 0 Å². The molecule has 0 aromatic carbocycles. The van der Waals surface area contributed by atoms with Crippen LogP contribution in [-0.2, 0) is 25.3 Å². The Morgan fingerprint density at radius 2 is 1.04 bits per heavy atom. The van der Waals surface area contributed by atoms with Gasteiger partial charge in [-0.3, -0.25) is 9.97 Å². The third kappa shape index (κ3) is 16.1. The average molecular weight is 478 g/mol. The van der Waals surface area contributed by atoms with Gasteiger partial charge in [0, 0.05) is 24.8 Å². The van der Waals surface area contributed by atoms with Crippen LogP contribution in [0.2, 0.25) is 0 Å². The fraction of sp³-hybridized carbons (Fsp3) is 0. The summed E-state index contributed by atoms with van der Waals surface area (Å²) in [4.78, 5) is 14.6. The molecule has 0 aliphatic rings. The van der Waals surface area contributed by atoms with E-state index in [9.17, 15) is 0 Å². The van der Waals surface area contributed by atoms with Crippen molar-refractivity contribution in [3.05, 3.63) is 48.6 Å². The summed E-state index contributed by atoms with van der Waals surface area (Å²) in [5, 5.41) is 38.6. The number of oxime groups is 2. The van der Waals surface area contributed by atoms with E-state index in [0.717, 1.165) is 0 Å². The number of nitrogens with zero attached hydrogens (tertiary/aromatic N) is 6. The van der Waals surface area contributed by atoms with Gasteiger partial charge in [0.2, 0.25) is 0 Å². The molecule has 2 aromatic rings. The second kappa shape index (κ2) is 22.8. The van der Waals surface area contributed by atoms with E-state index >= 15 is 0 Å². The van der Waals surface area contributed by atoms with Gasteiger partial charge in [-0.05, 0) is 10.3 Å². The summed E-state index contributed by atoms with van der Waals surface area (Å²) < 4.78 is 17.0. The fourth-order valence-electron chi connectivity index (χ4n) is 0.932. The van der Waals surface area contributed by atoms with E-state index in [1.807, 2.05) is 0 Å². The summed E-state index contributed by atoms with van der Waals surface area (Å²) in [6.45, 7) is 0. The van der Waals surface area contributed by atoms with Crippen molar-refractivity contribution in [2.24, 2.45) is 10.3 Å². The predicted molar refractivity (Wildman–Crippen MR) is 81.8 cm³/mol. The summed E-state index contributed by atoms with van der Waals surface area (Å²) in [6.07, 6.45) is 8.25. The van der Waals surface area contributed by atoms with E-state index in [4.69, 9.17) is 27.4 Å². The molecule has 2 aromatic heterocycles. The van der Waals surface area contributed by atoms with E-state index in [-0.39, 0.29) is 33.3 Å². The monoisotopic (exact) mass is 480 g/mol. The Morgan fingerprint density at radius 1 is 0.741 bits per heavy atom. The third-order valence-electron chi connectivity index (χ3n) is 1.77. The van der Waals surface area contributed by atoms with Gasteiger partial charge < -0.3 is 42.5 Å². The van der Waals surface area contributed by atoms with E-state index in [2.05, 4.69) is 30.2 Å². The first-order valence-electron chi connectivity index (χ1n) is 5.37. The summed E-state index contributed by atoms with van der Waals surface area (Å²) in [6, 6.07) is 0. The standard InChI is InChI=1S/2C5H5N3O2.Mo.4H2O.2O/c2*9-5(8-10)4-3-6-1-2-7-4;;;;;;;/h2*1-3,10H,(H,8,9);;4*1H2;;. The average Bonchev–Trinajstić information content (AvgIpc) is 2.63. The molecule has 0 fully saturated rings. The summed E-state index contributed by atoms with van der Waals surface area (Å²) in [5.74, 6) is -1.07. The molecule has 0 radical (unpaired) electrons. The normalized spacial score (nSPS) is 8.89. The predicted octanol–water partition coefficient (Wildman–Crippen LogP) is -3.20. The molecule has 0 saturated heterocycles. The first-order chi connectivity index (χ1) is 11.1. The molecule has 0 saturated carbocycles. The number of hydrogen-bond acceptors (Lipinski definition) is 10. The van der Waals surface area contributed by atoms with Crippen LogP contribution in [0, 0.1) is 0 Å². The zero-order valence-corrected chi connectivity index (χ0v) is 15.2. The van der Waals surface area contributed by atoms with Gasteiger partial charge >= 0.3 is 25.3 Å². The molecule has 16 nitrogen and oxygen atoms in total. The van der Waals surface area contributed by atoms with E-state index in [1.54, 1.807) is 0 Å². The van der Waals surface area contributed by atoms with Gasteiger partial charge in [0.15, 0.2) is 0 Å². The molecule has 0 atom stereocenters. The second-order valence-corrected chi connectivity index (χ2v) is 3.43. The zero-order chi connectivity index (χ0) is 17.5. The molecule has 2 heterocycles. The topological polar surface area (TPSA) is 317 Å². The molecule has 0 bridgehead atoms. The number of rotatable bonds is 2. The summed E-state index contributed by atoms with van der Waals surface area (Å²) in [7, 11) is 0. The van der Waals surface area contributed by atoms with Crippen molar-refractivity contribution in [3.8, 4) is 0 Å². The number of aliphatic hydroxyl groups excluding tert-OH is 2. The van der Waals surface area contributed by atoms with Crippen LogP contribution in [-0.4, -0.2) is 74.3 Å². The first kappa shape index (κ1) is 35.0. The molecule has 0 aliphatic carbocycles. The van der Waals surface area contributed by atoms with Crippen LogP contribution < -0.4 is 0 Å². The van der Waals surface area contributed by atoms with Gasteiger partial charge in [0.25, 0.3) is 11.8 Å². The Morgan fingerprint density at radius 3 is 1.22 bits per heavy atom. The number of aromatic nitrogens is 4. The quantitative estimate of drug-likeness (QED) is 0.110. The van der Waals surface area contributed by atoms with Crippen LogP contribution >= 0.6 is 0 Å². The third-order valence-corrected chi connectivity index (χ3v) is 1.77. The Balaban J connectivity index is -0.0000000924. The Kier molecular flexibility index (Phi) is 29.6. The molecule has 0 unspecified atom stereocenters. The number of hydrogen-bond donors (Lipinski definition) is 4. The van der Waals surface area contributed by atoms with Crippen molar-refractivity contribution in [1.29, 1.82) is 0 Å². The minimum atomic E-state index is -2.03.